The zero-order valence-electron chi connectivity index (χ0n) is 15.4. The highest BCUT2D eigenvalue weighted by molar-refractivity contribution is 6.00. The van der Waals surface area contributed by atoms with E-state index in [-0.39, 0.29) is 6.03 Å². The largest absolute Gasteiger partial charge is 0.323 e. The maximum atomic E-state index is 12.6. The summed E-state index contributed by atoms with van der Waals surface area (Å²) in [5.74, 6) is 0. The highest BCUT2D eigenvalue weighted by Gasteiger charge is 2.52. The summed E-state index contributed by atoms with van der Waals surface area (Å²) in [5.41, 5.74) is 4.47. The number of benzene rings is 2. The van der Waals surface area contributed by atoms with E-state index >= 15 is 0 Å². The van der Waals surface area contributed by atoms with Crippen molar-refractivity contribution in [3.05, 3.63) is 59.8 Å². The lowest BCUT2D eigenvalue weighted by Gasteiger charge is -2.60. The fourth-order valence-corrected chi connectivity index (χ4v) is 4.43. The molecule has 2 saturated heterocycles. The van der Waals surface area contributed by atoms with Crippen molar-refractivity contribution in [2.45, 2.75) is 13.5 Å². The number of fused-ring (bicyclic) bond motifs is 1. The van der Waals surface area contributed by atoms with Gasteiger partial charge in [-0.2, -0.15) is 5.10 Å². The van der Waals surface area contributed by atoms with Crippen LogP contribution in [0.25, 0.3) is 10.9 Å². The quantitative estimate of drug-likeness (QED) is 0.753. The smallest absolute Gasteiger partial charge is 0.321 e. The first-order valence-corrected chi connectivity index (χ1v) is 9.37. The molecule has 2 aliphatic heterocycles. The van der Waals surface area contributed by atoms with Gasteiger partial charge in [0.05, 0.1) is 17.4 Å². The van der Waals surface area contributed by atoms with Gasteiger partial charge in [0, 0.05) is 43.5 Å². The van der Waals surface area contributed by atoms with Crippen molar-refractivity contribution in [3.63, 3.8) is 0 Å². The highest BCUT2D eigenvalue weighted by atomic mass is 16.2. The van der Waals surface area contributed by atoms with Crippen molar-refractivity contribution < 1.29 is 4.79 Å². The molecular formula is C21H23N5O. The molecule has 6 heteroatoms. The topological polar surface area (TPSA) is 64.3 Å². The van der Waals surface area contributed by atoms with Crippen molar-refractivity contribution >= 4 is 22.6 Å². The fourth-order valence-electron chi connectivity index (χ4n) is 4.43. The van der Waals surface area contributed by atoms with E-state index in [9.17, 15) is 4.79 Å². The molecule has 138 valence electrons. The van der Waals surface area contributed by atoms with Crippen molar-refractivity contribution in [1.82, 2.24) is 20.0 Å². The average molecular weight is 361 g/mol. The third-order valence-electron chi connectivity index (χ3n) is 5.78. The van der Waals surface area contributed by atoms with Gasteiger partial charge in [-0.1, -0.05) is 36.4 Å². The Bertz CT molecular complexity index is 982. The monoisotopic (exact) mass is 361 g/mol. The number of aromatic nitrogens is 2. The van der Waals surface area contributed by atoms with Gasteiger partial charge in [0.2, 0.25) is 0 Å². The molecule has 3 aromatic rings. The molecule has 0 bridgehead atoms. The van der Waals surface area contributed by atoms with Crippen LogP contribution < -0.4 is 5.32 Å². The number of carbonyl (C=O) groups excluding carboxylic acids is 1. The summed E-state index contributed by atoms with van der Waals surface area (Å²) in [6.07, 6.45) is 1.80. The predicted molar refractivity (Wildman–Crippen MR) is 106 cm³/mol. The number of nitrogens with one attached hydrogen (secondary N) is 2. The third-order valence-corrected chi connectivity index (χ3v) is 5.78. The number of H-pyrrole nitrogens is 1. The number of aryl methyl sites for hydroxylation is 1. The van der Waals surface area contributed by atoms with E-state index in [1.54, 1.807) is 6.20 Å². The number of aromatic amines is 1. The van der Waals surface area contributed by atoms with Crippen LogP contribution in [-0.2, 0) is 6.54 Å². The molecule has 2 fully saturated rings. The van der Waals surface area contributed by atoms with Crippen molar-refractivity contribution in [1.29, 1.82) is 0 Å². The summed E-state index contributed by atoms with van der Waals surface area (Å²) < 4.78 is 0. The number of likely N-dealkylation sites (tertiary alicyclic amines) is 2. The minimum absolute atomic E-state index is 0.0260. The van der Waals surface area contributed by atoms with Crippen LogP contribution in [0.4, 0.5) is 10.5 Å². The summed E-state index contributed by atoms with van der Waals surface area (Å²) in [7, 11) is 0. The van der Waals surface area contributed by atoms with Crippen LogP contribution >= 0.6 is 0 Å². The summed E-state index contributed by atoms with van der Waals surface area (Å²) in [6, 6.07) is 14.5. The molecule has 0 atom stereocenters. The first-order chi connectivity index (χ1) is 13.1. The number of carbonyl (C=O) groups is 1. The number of amides is 2. The zero-order chi connectivity index (χ0) is 18.4. The predicted octanol–water partition coefficient (Wildman–Crippen LogP) is 3.22. The SMILES string of the molecule is Cc1ccc(NC(=O)N2CC3(CN(Cc4ccccc4)C3)C2)c2[nH]ncc12. The maximum Gasteiger partial charge on any atom is 0.321 e. The van der Waals surface area contributed by atoms with Crippen LogP contribution in [0, 0.1) is 12.3 Å². The van der Waals surface area contributed by atoms with E-state index in [1.165, 1.54) is 5.56 Å². The number of nitrogens with zero attached hydrogens (tertiary/aromatic N) is 3. The van der Waals surface area contributed by atoms with Crippen molar-refractivity contribution in [2.24, 2.45) is 5.41 Å². The summed E-state index contributed by atoms with van der Waals surface area (Å²) in [6.45, 7) is 6.85. The molecule has 1 spiro atoms. The third kappa shape index (κ3) is 2.86. The van der Waals surface area contributed by atoms with Gasteiger partial charge in [-0.05, 0) is 24.1 Å². The Morgan fingerprint density at radius 2 is 1.93 bits per heavy atom. The van der Waals surface area contributed by atoms with Gasteiger partial charge in [-0.15, -0.1) is 0 Å². The van der Waals surface area contributed by atoms with Crippen molar-refractivity contribution in [2.75, 3.05) is 31.5 Å². The number of anilines is 1. The van der Waals surface area contributed by atoms with Gasteiger partial charge in [-0.3, -0.25) is 10.00 Å². The Kier molecular flexibility index (Phi) is 3.68. The molecule has 0 aliphatic carbocycles. The zero-order valence-corrected chi connectivity index (χ0v) is 15.4. The molecule has 0 radical (unpaired) electrons. The van der Waals surface area contributed by atoms with Gasteiger partial charge in [0.25, 0.3) is 0 Å². The Labute approximate surface area is 158 Å². The summed E-state index contributed by atoms with van der Waals surface area (Å²) in [4.78, 5) is 17.0. The van der Waals surface area contributed by atoms with Crippen LogP contribution in [0.2, 0.25) is 0 Å². The Morgan fingerprint density at radius 3 is 2.70 bits per heavy atom. The molecule has 2 amide bonds. The van der Waals surface area contributed by atoms with Crippen molar-refractivity contribution in [3.8, 4) is 0 Å². The number of rotatable bonds is 3. The number of hydrogen-bond acceptors (Lipinski definition) is 3. The molecular weight excluding hydrogens is 338 g/mol. The average Bonchev–Trinajstić information content (AvgIpc) is 3.10. The van der Waals surface area contributed by atoms with E-state index in [2.05, 4.69) is 50.7 Å². The lowest BCUT2D eigenvalue weighted by molar-refractivity contribution is -0.0964. The van der Waals surface area contributed by atoms with Crippen LogP contribution in [0.1, 0.15) is 11.1 Å². The van der Waals surface area contributed by atoms with Crippen LogP contribution in [0.5, 0.6) is 0 Å². The summed E-state index contributed by atoms with van der Waals surface area (Å²) in [5, 5.41) is 11.2. The molecule has 0 saturated carbocycles. The van der Waals surface area contributed by atoms with Crippen LogP contribution in [0.3, 0.4) is 0 Å². The van der Waals surface area contributed by atoms with E-state index in [4.69, 9.17) is 0 Å². The Morgan fingerprint density at radius 1 is 1.15 bits per heavy atom. The highest BCUT2D eigenvalue weighted by Crippen LogP contribution is 2.40. The molecule has 27 heavy (non-hydrogen) atoms. The maximum absolute atomic E-state index is 12.6. The van der Waals surface area contributed by atoms with Crippen LogP contribution in [-0.4, -0.2) is 52.2 Å². The standard InChI is InChI=1S/C21H23N5O/c1-15-7-8-18(19-17(15)9-22-24-19)23-20(27)26-13-21(14-26)11-25(12-21)10-16-5-3-2-4-6-16/h2-9H,10-14H2,1H3,(H,22,24)(H,23,27). The first-order valence-electron chi connectivity index (χ1n) is 9.37. The van der Waals surface area contributed by atoms with E-state index in [0.717, 1.165) is 54.9 Å². The summed E-state index contributed by atoms with van der Waals surface area (Å²) >= 11 is 0. The van der Waals surface area contributed by atoms with Crippen LogP contribution in [0.15, 0.2) is 48.7 Å². The molecule has 2 aliphatic rings. The molecule has 1 aromatic heterocycles. The molecule has 3 heterocycles. The molecule has 2 aromatic carbocycles. The minimum atomic E-state index is -0.0260. The van der Waals surface area contributed by atoms with Gasteiger partial charge >= 0.3 is 6.03 Å². The lowest BCUT2D eigenvalue weighted by atomic mass is 9.73. The van der Waals surface area contributed by atoms with E-state index in [0.29, 0.717) is 5.41 Å². The normalized spacial score (nSPS) is 18.3. The van der Waals surface area contributed by atoms with E-state index in [1.807, 2.05) is 24.0 Å². The second-order valence-corrected chi connectivity index (χ2v) is 8.01. The van der Waals surface area contributed by atoms with Gasteiger partial charge in [0.1, 0.15) is 0 Å². The second kappa shape index (κ2) is 6.09. The Balaban J connectivity index is 1.16. The number of urea groups is 1. The van der Waals surface area contributed by atoms with E-state index < -0.39 is 0 Å². The van der Waals surface area contributed by atoms with Gasteiger partial charge in [-0.25, -0.2) is 4.79 Å². The minimum Gasteiger partial charge on any atom is -0.323 e. The molecule has 6 nitrogen and oxygen atoms in total. The van der Waals surface area contributed by atoms with Gasteiger partial charge in [0.15, 0.2) is 0 Å². The molecule has 2 N–H and O–H groups in total. The lowest BCUT2D eigenvalue weighted by Crippen LogP contribution is -2.72. The molecule has 5 rings (SSSR count). The second-order valence-electron chi connectivity index (χ2n) is 8.01. The Hall–Kier alpha value is -2.86. The first kappa shape index (κ1) is 16.3. The van der Waals surface area contributed by atoms with Gasteiger partial charge < -0.3 is 10.2 Å². The fraction of sp³-hybridized carbons (Fsp3) is 0.333. The molecule has 0 unspecified atom stereocenters. The number of hydrogen-bond donors (Lipinski definition) is 2.